The number of hydrogen-bond donors (Lipinski definition) is 1. The van der Waals surface area contributed by atoms with E-state index < -0.39 is 0 Å². The number of nitrogens with zero attached hydrogens (tertiary/aromatic N) is 3. The lowest BCUT2D eigenvalue weighted by Gasteiger charge is -2.31. The Hall–Kier alpha value is -0.530. The summed E-state index contributed by atoms with van der Waals surface area (Å²) in [6.45, 7) is 5.23. The summed E-state index contributed by atoms with van der Waals surface area (Å²) in [6.07, 6.45) is 1.33. The van der Waals surface area contributed by atoms with Crippen LogP contribution in [0.15, 0.2) is 29.3 Å². The minimum atomic E-state index is 0. The predicted molar refractivity (Wildman–Crippen MR) is 101 cm³/mol. The van der Waals surface area contributed by atoms with Gasteiger partial charge in [0.05, 0.1) is 0 Å². The SMILES string of the molecule is CN=C(NCCN1CCC1)N(C)Cc1ccccc1Cl.I. The third kappa shape index (κ3) is 5.64. The first-order chi connectivity index (χ1) is 9.70. The van der Waals surface area contributed by atoms with Crippen LogP contribution < -0.4 is 5.32 Å². The lowest BCUT2D eigenvalue weighted by Crippen LogP contribution is -2.45. The number of halogens is 2. The standard InChI is InChI=1S/C15H23ClN4.HI/c1-17-15(18-8-11-20-9-5-10-20)19(2)12-13-6-3-4-7-14(13)16;/h3-4,6-7H,5,8-12H2,1-2H3,(H,17,18);1H. The molecule has 1 aliphatic heterocycles. The molecular formula is C15H24ClIN4. The van der Waals surface area contributed by atoms with E-state index in [1.54, 1.807) is 0 Å². The first-order valence-corrected chi connectivity index (χ1v) is 7.46. The van der Waals surface area contributed by atoms with Crippen LogP contribution in [0.25, 0.3) is 0 Å². The molecule has 0 radical (unpaired) electrons. The molecule has 1 saturated heterocycles. The first-order valence-electron chi connectivity index (χ1n) is 7.08. The fraction of sp³-hybridized carbons (Fsp3) is 0.533. The number of benzene rings is 1. The molecular weight excluding hydrogens is 399 g/mol. The molecule has 1 N–H and O–H groups in total. The summed E-state index contributed by atoms with van der Waals surface area (Å²) in [5, 5.41) is 4.20. The van der Waals surface area contributed by atoms with Gasteiger partial charge in [0, 0.05) is 38.8 Å². The quantitative estimate of drug-likeness (QED) is 0.450. The van der Waals surface area contributed by atoms with Crippen molar-refractivity contribution in [2.75, 3.05) is 40.3 Å². The molecule has 0 aliphatic carbocycles. The molecule has 0 atom stereocenters. The van der Waals surface area contributed by atoms with Gasteiger partial charge in [-0.2, -0.15) is 0 Å². The van der Waals surface area contributed by atoms with Crippen molar-refractivity contribution in [3.8, 4) is 0 Å². The van der Waals surface area contributed by atoms with Gasteiger partial charge in [0.1, 0.15) is 0 Å². The van der Waals surface area contributed by atoms with Crippen LogP contribution in [-0.2, 0) is 6.54 Å². The molecule has 0 amide bonds. The van der Waals surface area contributed by atoms with E-state index in [4.69, 9.17) is 11.6 Å². The molecule has 1 aromatic carbocycles. The third-order valence-electron chi connectivity index (χ3n) is 3.60. The zero-order chi connectivity index (χ0) is 14.4. The second kappa shape index (κ2) is 9.48. The van der Waals surface area contributed by atoms with Crippen molar-refractivity contribution in [1.29, 1.82) is 0 Å². The summed E-state index contributed by atoms with van der Waals surface area (Å²) in [5.41, 5.74) is 1.11. The average molecular weight is 423 g/mol. The molecule has 1 aliphatic rings. The Morgan fingerprint density at radius 1 is 1.38 bits per heavy atom. The maximum atomic E-state index is 6.19. The second-order valence-electron chi connectivity index (χ2n) is 5.12. The molecule has 21 heavy (non-hydrogen) atoms. The van der Waals surface area contributed by atoms with Gasteiger partial charge in [-0.05, 0) is 31.1 Å². The molecule has 2 rings (SSSR count). The van der Waals surface area contributed by atoms with Crippen LogP contribution >= 0.6 is 35.6 Å². The third-order valence-corrected chi connectivity index (χ3v) is 3.97. The number of aliphatic imine (C=N–C) groups is 1. The van der Waals surface area contributed by atoms with E-state index in [0.29, 0.717) is 0 Å². The van der Waals surface area contributed by atoms with E-state index in [9.17, 15) is 0 Å². The molecule has 0 unspecified atom stereocenters. The highest BCUT2D eigenvalue weighted by Gasteiger charge is 2.13. The van der Waals surface area contributed by atoms with Crippen molar-refractivity contribution < 1.29 is 0 Å². The smallest absolute Gasteiger partial charge is 0.193 e. The highest BCUT2D eigenvalue weighted by molar-refractivity contribution is 14.0. The summed E-state index contributed by atoms with van der Waals surface area (Å²) < 4.78 is 0. The van der Waals surface area contributed by atoms with Gasteiger partial charge in [0.15, 0.2) is 5.96 Å². The van der Waals surface area contributed by atoms with Crippen molar-refractivity contribution >= 4 is 41.5 Å². The van der Waals surface area contributed by atoms with Crippen molar-refractivity contribution in [1.82, 2.24) is 15.1 Å². The average Bonchev–Trinajstić information content (AvgIpc) is 2.39. The highest BCUT2D eigenvalue weighted by atomic mass is 127. The Morgan fingerprint density at radius 3 is 2.67 bits per heavy atom. The first kappa shape index (κ1) is 18.5. The van der Waals surface area contributed by atoms with E-state index in [0.717, 1.165) is 36.2 Å². The number of hydrogen-bond acceptors (Lipinski definition) is 2. The minimum absolute atomic E-state index is 0. The molecule has 0 bridgehead atoms. The Bertz CT molecular complexity index is 463. The minimum Gasteiger partial charge on any atom is -0.355 e. The van der Waals surface area contributed by atoms with Crippen LogP contribution in [0, 0.1) is 0 Å². The van der Waals surface area contributed by atoms with Crippen LogP contribution in [0.3, 0.4) is 0 Å². The normalized spacial score (nSPS) is 15.1. The summed E-state index contributed by atoms with van der Waals surface area (Å²) >= 11 is 6.19. The molecule has 6 heteroatoms. The molecule has 1 aromatic rings. The molecule has 0 spiro atoms. The number of guanidine groups is 1. The zero-order valence-corrected chi connectivity index (χ0v) is 15.8. The van der Waals surface area contributed by atoms with Crippen molar-refractivity contribution in [2.24, 2.45) is 4.99 Å². The van der Waals surface area contributed by atoms with Crippen LogP contribution in [0.4, 0.5) is 0 Å². The monoisotopic (exact) mass is 422 g/mol. The second-order valence-corrected chi connectivity index (χ2v) is 5.52. The van der Waals surface area contributed by atoms with Gasteiger partial charge in [-0.15, -0.1) is 24.0 Å². The van der Waals surface area contributed by atoms with Crippen LogP contribution in [0.2, 0.25) is 5.02 Å². The molecule has 118 valence electrons. The number of likely N-dealkylation sites (tertiary alicyclic amines) is 1. The van der Waals surface area contributed by atoms with Gasteiger partial charge >= 0.3 is 0 Å². The summed E-state index contributed by atoms with van der Waals surface area (Å²) in [6, 6.07) is 7.93. The summed E-state index contributed by atoms with van der Waals surface area (Å²) in [5.74, 6) is 0.908. The molecule has 0 aromatic heterocycles. The van der Waals surface area contributed by atoms with Crippen molar-refractivity contribution in [2.45, 2.75) is 13.0 Å². The Labute approximate surface area is 149 Å². The highest BCUT2D eigenvalue weighted by Crippen LogP contribution is 2.16. The van der Waals surface area contributed by atoms with Gasteiger partial charge in [-0.1, -0.05) is 29.8 Å². The molecule has 0 saturated carbocycles. The topological polar surface area (TPSA) is 30.9 Å². The maximum Gasteiger partial charge on any atom is 0.193 e. The summed E-state index contributed by atoms with van der Waals surface area (Å²) in [7, 11) is 3.84. The van der Waals surface area contributed by atoms with Gasteiger partial charge in [-0.25, -0.2) is 0 Å². The van der Waals surface area contributed by atoms with E-state index >= 15 is 0 Å². The lowest BCUT2D eigenvalue weighted by molar-refractivity contribution is 0.184. The van der Waals surface area contributed by atoms with Gasteiger partial charge < -0.3 is 15.1 Å². The van der Waals surface area contributed by atoms with E-state index in [-0.39, 0.29) is 24.0 Å². The Morgan fingerprint density at radius 2 is 2.10 bits per heavy atom. The number of rotatable bonds is 5. The fourth-order valence-corrected chi connectivity index (χ4v) is 2.47. The Kier molecular flexibility index (Phi) is 8.36. The summed E-state index contributed by atoms with van der Waals surface area (Å²) in [4.78, 5) is 8.86. The van der Waals surface area contributed by atoms with Crippen LogP contribution in [-0.4, -0.2) is 56.0 Å². The van der Waals surface area contributed by atoms with E-state index in [1.807, 2.05) is 38.4 Å². The predicted octanol–water partition coefficient (Wildman–Crippen LogP) is 2.67. The number of nitrogens with one attached hydrogen (secondary N) is 1. The maximum absolute atomic E-state index is 6.19. The molecule has 1 fully saturated rings. The largest absolute Gasteiger partial charge is 0.355 e. The van der Waals surface area contributed by atoms with E-state index in [2.05, 4.69) is 20.1 Å². The van der Waals surface area contributed by atoms with Crippen LogP contribution in [0.1, 0.15) is 12.0 Å². The molecule has 4 nitrogen and oxygen atoms in total. The lowest BCUT2D eigenvalue weighted by atomic mass is 10.2. The van der Waals surface area contributed by atoms with Gasteiger partial charge in [0.25, 0.3) is 0 Å². The van der Waals surface area contributed by atoms with Gasteiger partial charge in [-0.3, -0.25) is 4.99 Å². The van der Waals surface area contributed by atoms with Crippen molar-refractivity contribution in [3.05, 3.63) is 34.9 Å². The van der Waals surface area contributed by atoms with Crippen LogP contribution in [0.5, 0.6) is 0 Å². The molecule has 1 heterocycles. The van der Waals surface area contributed by atoms with E-state index in [1.165, 1.54) is 19.5 Å². The fourth-order valence-electron chi connectivity index (χ4n) is 2.27. The zero-order valence-electron chi connectivity index (χ0n) is 12.7. The Balaban J connectivity index is 0.00000220. The van der Waals surface area contributed by atoms with Gasteiger partial charge in [0.2, 0.25) is 0 Å². The van der Waals surface area contributed by atoms with Crippen molar-refractivity contribution in [3.63, 3.8) is 0 Å².